The van der Waals surface area contributed by atoms with Gasteiger partial charge in [0.15, 0.2) is 0 Å². The molecule has 4 heteroatoms. The molecule has 1 aromatic carbocycles. The van der Waals surface area contributed by atoms with Gasteiger partial charge >= 0.3 is 6.09 Å². The molecule has 0 saturated carbocycles. The third-order valence-electron chi connectivity index (χ3n) is 2.83. The Morgan fingerprint density at radius 3 is 2.89 bits per heavy atom. The summed E-state index contributed by atoms with van der Waals surface area (Å²) in [6.45, 7) is 7.03. The first kappa shape index (κ1) is 12.7. The normalized spacial score (nSPS) is 17.8. The molecule has 0 aliphatic carbocycles. The standard InChI is InChI=1S/C14H20N2O2/c1-14(2,3)18-13(17)16-9-10-8-15-12-7-5-4-6-11(10)12/h4-7,10,15H,8-9H2,1-3H3,(H,16,17)/t10-/m0/s1. The summed E-state index contributed by atoms with van der Waals surface area (Å²) in [5.74, 6) is 0.314. The maximum Gasteiger partial charge on any atom is 0.407 e. The molecule has 98 valence electrons. The van der Waals surface area contributed by atoms with E-state index in [-0.39, 0.29) is 6.09 Å². The van der Waals surface area contributed by atoms with Gasteiger partial charge in [-0.05, 0) is 32.4 Å². The van der Waals surface area contributed by atoms with E-state index in [1.807, 2.05) is 32.9 Å². The van der Waals surface area contributed by atoms with Gasteiger partial charge in [0.1, 0.15) is 5.60 Å². The lowest BCUT2D eigenvalue weighted by atomic mass is 10.0. The highest BCUT2D eigenvalue weighted by Gasteiger charge is 2.23. The lowest BCUT2D eigenvalue weighted by Crippen LogP contribution is -2.35. The molecule has 1 heterocycles. The number of anilines is 1. The molecule has 2 rings (SSSR count). The van der Waals surface area contributed by atoms with Crippen LogP contribution in [-0.2, 0) is 4.74 Å². The molecular weight excluding hydrogens is 228 g/mol. The van der Waals surface area contributed by atoms with Crippen molar-refractivity contribution in [3.8, 4) is 0 Å². The SMILES string of the molecule is CC(C)(C)OC(=O)NC[C@@H]1CNc2ccccc21. The number of fused-ring (bicyclic) bond motifs is 1. The van der Waals surface area contributed by atoms with E-state index in [0.717, 1.165) is 12.2 Å². The van der Waals surface area contributed by atoms with Gasteiger partial charge in [-0.3, -0.25) is 0 Å². The van der Waals surface area contributed by atoms with E-state index in [1.54, 1.807) is 0 Å². The van der Waals surface area contributed by atoms with Crippen LogP contribution in [0, 0.1) is 0 Å². The first-order valence-corrected chi connectivity index (χ1v) is 6.25. The summed E-state index contributed by atoms with van der Waals surface area (Å²) in [6, 6.07) is 8.18. The number of hydrogen-bond donors (Lipinski definition) is 2. The molecule has 0 aromatic heterocycles. The first-order valence-electron chi connectivity index (χ1n) is 6.25. The number of nitrogens with one attached hydrogen (secondary N) is 2. The van der Waals surface area contributed by atoms with Crippen molar-refractivity contribution >= 4 is 11.8 Å². The van der Waals surface area contributed by atoms with E-state index < -0.39 is 5.60 Å². The van der Waals surface area contributed by atoms with E-state index in [1.165, 1.54) is 5.56 Å². The quantitative estimate of drug-likeness (QED) is 0.846. The summed E-state index contributed by atoms with van der Waals surface area (Å²) in [7, 11) is 0. The monoisotopic (exact) mass is 248 g/mol. The van der Waals surface area contributed by atoms with Gasteiger partial charge in [0.05, 0.1) is 0 Å². The average Bonchev–Trinajstić information content (AvgIpc) is 2.67. The molecule has 0 saturated heterocycles. The Kier molecular flexibility index (Phi) is 3.45. The third kappa shape index (κ3) is 3.15. The second kappa shape index (κ2) is 4.88. The average molecular weight is 248 g/mol. The predicted molar refractivity (Wildman–Crippen MR) is 71.9 cm³/mol. The summed E-state index contributed by atoms with van der Waals surface area (Å²) in [4.78, 5) is 11.6. The zero-order valence-electron chi connectivity index (χ0n) is 11.1. The largest absolute Gasteiger partial charge is 0.444 e. The molecule has 1 atom stereocenters. The van der Waals surface area contributed by atoms with Gasteiger partial charge in [0, 0.05) is 24.7 Å². The fourth-order valence-corrected chi connectivity index (χ4v) is 2.06. The van der Waals surface area contributed by atoms with Crippen molar-refractivity contribution in [2.75, 3.05) is 18.4 Å². The van der Waals surface area contributed by atoms with Crippen LogP contribution >= 0.6 is 0 Å². The van der Waals surface area contributed by atoms with Gasteiger partial charge in [0.2, 0.25) is 0 Å². The minimum atomic E-state index is -0.448. The van der Waals surface area contributed by atoms with E-state index in [9.17, 15) is 4.79 Å². The number of alkyl carbamates (subject to hydrolysis) is 1. The number of rotatable bonds is 2. The zero-order chi connectivity index (χ0) is 13.2. The molecule has 0 fully saturated rings. The van der Waals surface area contributed by atoms with Crippen LogP contribution in [0.3, 0.4) is 0 Å². The van der Waals surface area contributed by atoms with Gasteiger partial charge in [-0.25, -0.2) is 4.79 Å². The number of hydrogen-bond acceptors (Lipinski definition) is 3. The molecule has 0 unspecified atom stereocenters. The third-order valence-corrected chi connectivity index (χ3v) is 2.83. The van der Waals surface area contributed by atoms with Gasteiger partial charge in [-0.15, -0.1) is 0 Å². The topological polar surface area (TPSA) is 50.4 Å². The number of carbonyl (C=O) groups is 1. The molecular formula is C14H20N2O2. The highest BCUT2D eigenvalue weighted by Crippen LogP contribution is 2.30. The summed E-state index contributed by atoms with van der Waals surface area (Å²) >= 11 is 0. The number of ether oxygens (including phenoxy) is 1. The van der Waals surface area contributed by atoms with E-state index in [4.69, 9.17) is 4.74 Å². The second-order valence-electron chi connectivity index (χ2n) is 5.55. The minimum absolute atomic E-state index is 0.314. The number of benzene rings is 1. The van der Waals surface area contributed by atoms with Crippen LogP contribution in [-0.4, -0.2) is 24.8 Å². The van der Waals surface area contributed by atoms with Gasteiger partial charge in [-0.2, -0.15) is 0 Å². The number of carbonyl (C=O) groups excluding carboxylic acids is 1. The van der Waals surface area contributed by atoms with Crippen LogP contribution in [0.15, 0.2) is 24.3 Å². The molecule has 1 aromatic rings. The Morgan fingerprint density at radius 1 is 1.44 bits per heavy atom. The second-order valence-corrected chi connectivity index (χ2v) is 5.55. The highest BCUT2D eigenvalue weighted by molar-refractivity contribution is 5.68. The van der Waals surface area contributed by atoms with Crippen molar-refractivity contribution in [3.05, 3.63) is 29.8 Å². The molecule has 2 N–H and O–H groups in total. The van der Waals surface area contributed by atoms with Crippen LogP contribution in [0.5, 0.6) is 0 Å². The lowest BCUT2D eigenvalue weighted by molar-refractivity contribution is 0.0525. The molecule has 0 spiro atoms. The van der Waals surface area contributed by atoms with Crippen LogP contribution in [0.2, 0.25) is 0 Å². The maximum absolute atomic E-state index is 11.6. The summed E-state index contributed by atoms with van der Waals surface area (Å²) < 4.78 is 5.22. The smallest absolute Gasteiger partial charge is 0.407 e. The van der Waals surface area contributed by atoms with Crippen molar-refractivity contribution in [2.24, 2.45) is 0 Å². The van der Waals surface area contributed by atoms with Crippen LogP contribution < -0.4 is 10.6 Å². The molecule has 0 bridgehead atoms. The van der Waals surface area contributed by atoms with Crippen LogP contribution in [0.1, 0.15) is 32.3 Å². The Balaban J connectivity index is 1.87. The Labute approximate surface area is 108 Å². The predicted octanol–water partition coefficient (Wildman–Crippen LogP) is 2.72. The Bertz CT molecular complexity index is 438. The van der Waals surface area contributed by atoms with E-state index >= 15 is 0 Å². The summed E-state index contributed by atoms with van der Waals surface area (Å²) in [5, 5.41) is 6.15. The zero-order valence-corrected chi connectivity index (χ0v) is 11.1. The highest BCUT2D eigenvalue weighted by atomic mass is 16.6. The molecule has 4 nitrogen and oxygen atoms in total. The molecule has 1 aliphatic heterocycles. The van der Waals surface area contributed by atoms with Crippen LogP contribution in [0.4, 0.5) is 10.5 Å². The Hall–Kier alpha value is -1.71. The molecule has 1 amide bonds. The molecule has 18 heavy (non-hydrogen) atoms. The summed E-state index contributed by atoms with van der Waals surface area (Å²) in [5.41, 5.74) is 1.97. The first-order chi connectivity index (χ1) is 8.46. The fraction of sp³-hybridized carbons (Fsp3) is 0.500. The lowest BCUT2D eigenvalue weighted by Gasteiger charge is -2.20. The molecule has 0 radical (unpaired) electrons. The van der Waals surface area contributed by atoms with Gasteiger partial charge in [0.25, 0.3) is 0 Å². The fourth-order valence-electron chi connectivity index (χ4n) is 2.06. The van der Waals surface area contributed by atoms with Gasteiger partial charge < -0.3 is 15.4 Å². The molecule has 1 aliphatic rings. The minimum Gasteiger partial charge on any atom is -0.444 e. The van der Waals surface area contributed by atoms with E-state index in [2.05, 4.69) is 22.8 Å². The van der Waals surface area contributed by atoms with Crippen molar-refractivity contribution in [2.45, 2.75) is 32.3 Å². The van der Waals surface area contributed by atoms with Crippen molar-refractivity contribution in [3.63, 3.8) is 0 Å². The van der Waals surface area contributed by atoms with Crippen molar-refractivity contribution in [1.82, 2.24) is 5.32 Å². The summed E-state index contributed by atoms with van der Waals surface area (Å²) in [6.07, 6.45) is -0.355. The van der Waals surface area contributed by atoms with Crippen LogP contribution in [0.25, 0.3) is 0 Å². The number of para-hydroxylation sites is 1. The van der Waals surface area contributed by atoms with E-state index in [0.29, 0.717) is 12.5 Å². The number of amides is 1. The maximum atomic E-state index is 11.6. The Morgan fingerprint density at radius 2 is 2.17 bits per heavy atom. The van der Waals surface area contributed by atoms with Crippen molar-refractivity contribution < 1.29 is 9.53 Å². The van der Waals surface area contributed by atoms with Gasteiger partial charge in [-0.1, -0.05) is 18.2 Å². The van der Waals surface area contributed by atoms with Crippen molar-refractivity contribution in [1.29, 1.82) is 0 Å².